The first-order valence-electron chi connectivity index (χ1n) is 7.91. The molecule has 0 spiro atoms. The maximum absolute atomic E-state index is 12.6. The Morgan fingerprint density at radius 2 is 1.75 bits per heavy atom. The molecule has 28 heavy (non-hydrogen) atoms. The summed E-state index contributed by atoms with van der Waals surface area (Å²) >= 11 is 5.17. The third-order valence-corrected chi connectivity index (χ3v) is 3.59. The highest BCUT2D eigenvalue weighted by Crippen LogP contribution is 2.39. The van der Waals surface area contributed by atoms with Gasteiger partial charge in [-0.15, -0.1) is 0 Å². The summed E-state index contributed by atoms with van der Waals surface area (Å²) in [5.74, 6) is 0.651. The Hall–Kier alpha value is -3.14. The Kier molecular flexibility index (Phi) is 7.76. The SMILES string of the molecule is COc1cccc(NC(=S)N/N=C\c2cc(OC)c(OC(F)F)c(OC)c2)c1. The largest absolute Gasteiger partial charge is 0.497 e. The molecule has 0 fully saturated rings. The molecular weight excluding hydrogens is 392 g/mol. The third-order valence-electron chi connectivity index (χ3n) is 3.40. The molecule has 0 heterocycles. The number of rotatable bonds is 8. The Bertz CT molecular complexity index is 824. The maximum Gasteiger partial charge on any atom is 0.387 e. The van der Waals surface area contributed by atoms with Gasteiger partial charge in [0.05, 0.1) is 27.5 Å². The van der Waals surface area contributed by atoms with Crippen LogP contribution in [0.15, 0.2) is 41.5 Å². The van der Waals surface area contributed by atoms with E-state index in [1.54, 1.807) is 13.2 Å². The van der Waals surface area contributed by atoms with Crippen LogP contribution in [0, 0.1) is 0 Å². The number of thiocarbonyl (C=S) groups is 1. The summed E-state index contributed by atoms with van der Waals surface area (Å²) in [6.45, 7) is -3.01. The van der Waals surface area contributed by atoms with Gasteiger partial charge in [-0.3, -0.25) is 5.43 Å². The van der Waals surface area contributed by atoms with Gasteiger partial charge in [-0.05, 0) is 36.5 Å². The number of hydrogen-bond acceptors (Lipinski definition) is 6. The molecule has 7 nitrogen and oxygen atoms in total. The van der Waals surface area contributed by atoms with E-state index in [-0.39, 0.29) is 22.4 Å². The molecule has 0 unspecified atom stereocenters. The number of anilines is 1. The summed E-state index contributed by atoms with van der Waals surface area (Å²) in [5, 5.41) is 7.22. The molecule has 2 rings (SSSR count). The van der Waals surface area contributed by atoms with Gasteiger partial charge in [0.1, 0.15) is 5.75 Å². The number of ether oxygens (including phenoxy) is 4. The van der Waals surface area contributed by atoms with Crippen molar-refractivity contribution in [3.05, 3.63) is 42.0 Å². The molecule has 0 saturated carbocycles. The van der Waals surface area contributed by atoms with E-state index in [9.17, 15) is 8.78 Å². The molecule has 2 N–H and O–H groups in total. The van der Waals surface area contributed by atoms with E-state index in [0.29, 0.717) is 11.3 Å². The van der Waals surface area contributed by atoms with Gasteiger partial charge in [-0.2, -0.15) is 13.9 Å². The van der Waals surface area contributed by atoms with Crippen LogP contribution in [-0.4, -0.2) is 39.3 Å². The van der Waals surface area contributed by atoms with E-state index in [1.807, 2.05) is 18.2 Å². The molecule has 0 saturated heterocycles. The number of methoxy groups -OCH3 is 3. The molecule has 0 radical (unpaired) electrons. The van der Waals surface area contributed by atoms with Crippen LogP contribution >= 0.6 is 12.2 Å². The summed E-state index contributed by atoms with van der Waals surface area (Å²) in [5.41, 5.74) is 3.90. The molecule has 0 aromatic heterocycles. The second-order valence-corrected chi connectivity index (χ2v) is 5.60. The van der Waals surface area contributed by atoms with Crippen molar-refractivity contribution in [3.63, 3.8) is 0 Å². The van der Waals surface area contributed by atoms with Crippen LogP contribution in [0.2, 0.25) is 0 Å². The Balaban J connectivity index is 2.07. The average Bonchev–Trinajstić information content (AvgIpc) is 2.68. The van der Waals surface area contributed by atoms with E-state index in [0.717, 1.165) is 5.69 Å². The molecule has 2 aromatic carbocycles. The number of alkyl halides is 2. The molecule has 150 valence electrons. The first-order chi connectivity index (χ1) is 13.5. The van der Waals surface area contributed by atoms with Gasteiger partial charge in [0, 0.05) is 17.3 Å². The van der Waals surface area contributed by atoms with E-state index >= 15 is 0 Å². The molecule has 2 aromatic rings. The second-order valence-electron chi connectivity index (χ2n) is 5.19. The van der Waals surface area contributed by atoms with Gasteiger partial charge in [0.15, 0.2) is 16.6 Å². The predicted octanol–water partition coefficient (Wildman–Crippen LogP) is 3.63. The Morgan fingerprint density at radius 3 is 2.32 bits per heavy atom. The number of nitrogens with one attached hydrogen (secondary N) is 2. The maximum atomic E-state index is 12.6. The topological polar surface area (TPSA) is 73.3 Å². The van der Waals surface area contributed by atoms with Crippen molar-refractivity contribution in [1.29, 1.82) is 0 Å². The van der Waals surface area contributed by atoms with Gasteiger partial charge < -0.3 is 24.3 Å². The van der Waals surface area contributed by atoms with Gasteiger partial charge in [-0.25, -0.2) is 0 Å². The van der Waals surface area contributed by atoms with Crippen LogP contribution in [0.25, 0.3) is 0 Å². The summed E-state index contributed by atoms with van der Waals surface area (Å²) in [4.78, 5) is 0. The van der Waals surface area contributed by atoms with E-state index in [2.05, 4.69) is 20.6 Å². The van der Waals surface area contributed by atoms with Crippen molar-refractivity contribution < 1.29 is 27.7 Å². The Morgan fingerprint density at radius 1 is 1.07 bits per heavy atom. The monoisotopic (exact) mass is 411 g/mol. The minimum Gasteiger partial charge on any atom is -0.497 e. The van der Waals surface area contributed by atoms with E-state index < -0.39 is 6.61 Å². The first kappa shape index (κ1) is 21.2. The van der Waals surface area contributed by atoms with E-state index in [1.165, 1.54) is 32.6 Å². The zero-order valence-corrected chi connectivity index (χ0v) is 16.2. The molecule has 0 atom stereocenters. The highest BCUT2D eigenvalue weighted by molar-refractivity contribution is 7.80. The van der Waals surface area contributed by atoms with Crippen LogP contribution in [0.3, 0.4) is 0 Å². The summed E-state index contributed by atoms with van der Waals surface area (Å²) < 4.78 is 44.9. The fourth-order valence-electron chi connectivity index (χ4n) is 2.21. The number of nitrogens with zero attached hydrogens (tertiary/aromatic N) is 1. The minimum atomic E-state index is -3.01. The normalized spacial score (nSPS) is 10.6. The van der Waals surface area contributed by atoms with Crippen LogP contribution in [-0.2, 0) is 0 Å². The highest BCUT2D eigenvalue weighted by atomic mass is 32.1. The molecule has 0 aliphatic carbocycles. The fourth-order valence-corrected chi connectivity index (χ4v) is 2.38. The second kappa shape index (κ2) is 10.3. The number of hydrazone groups is 1. The number of halogens is 2. The first-order valence-corrected chi connectivity index (χ1v) is 8.32. The molecule has 10 heteroatoms. The number of hydrogen-bond donors (Lipinski definition) is 2. The molecule has 0 aliphatic rings. The standard InChI is InChI=1S/C18H19F2N3O4S/c1-24-13-6-4-5-12(9-13)22-18(28)23-21-10-11-7-14(25-2)16(27-17(19)20)15(8-11)26-3/h4-10,17H,1-3H3,(H2,22,23,28)/b21-10-. The molecular formula is C18H19F2N3O4S. The van der Waals surface area contributed by atoms with Crippen LogP contribution < -0.4 is 29.7 Å². The smallest absolute Gasteiger partial charge is 0.387 e. The van der Waals surface area contributed by atoms with Crippen molar-refractivity contribution >= 4 is 29.2 Å². The van der Waals surface area contributed by atoms with Crippen molar-refractivity contribution in [2.24, 2.45) is 5.10 Å². The number of benzene rings is 2. The third kappa shape index (κ3) is 5.95. The quantitative estimate of drug-likeness (QED) is 0.390. The lowest BCUT2D eigenvalue weighted by molar-refractivity contribution is -0.0526. The zero-order chi connectivity index (χ0) is 20.5. The highest BCUT2D eigenvalue weighted by Gasteiger charge is 2.17. The molecule has 0 amide bonds. The fraction of sp³-hybridized carbons (Fsp3) is 0.222. The van der Waals surface area contributed by atoms with Crippen molar-refractivity contribution in [2.45, 2.75) is 6.61 Å². The van der Waals surface area contributed by atoms with Gasteiger partial charge in [-0.1, -0.05) is 6.07 Å². The van der Waals surface area contributed by atoms with Crippen molar-refractivity contribution in [2.75, 3.05) is 26.6 Å². The summed E-state index contributed by atoms with van der Waals surface area (Å²) in [7, 11) is 4.24. The lowest BCUT2D eigenvalue weighted by Crippen LogP contribution is -2.23. The van der Waals surface area contributed by atoms with Gasteiger partial charge in [0.25, 0.3) is 0 Å². The van der Waals surface area contributed by atoms with Crippen LogP contribution in [0.4, 0.5) is 14.5 Å². The zero-order valence-electron chi connectivity index (χ0n) is 15.4. The van der Waals surface area contributed by atoms with Crippen LogP contribution in [0.5, 0.6) is 23.0 Å². The van der Waals surface area contributed by atoms with Crippen molar-refractivity contribution in [1.82, 2.24) is 5.43 Å². The minimum absolute atomic E-state index is 0.0817. The van der Waals surface area contributed by atoms with Gasteiger partial charge in [0.2, 0.25) is 5.75 Å². The molecule has 0 aliphatic heterocycles. The van der Waals surface area contributed by atoms with Crippen molar-refractivity contribution in [3.8, 4) is 23.0 Å². The molecule has 0 bridgehead atoms. The summed E-state index contributed by atoms with van der Waals surface area (Å²) in [6.07, 6.45) is 1.43. The van der Waals surface area contributed by atoms with Crippen LogP contribution in [0.1, 0.15) is 5.56 Å². The lowest BCUT2D eigenvalue weighted by Gasteiger charge is -2.14. The van der Waals surface area contributed by atoms with Gasteiger partial charge >= 0.3 is 6.61 Å². The lowest BCUT2D eigenvalue weighted by atomic mass is 10.2. The van der Waals surface area contributed by atoms with E-state index in [4.69, 9.17) is 26.4 Å². The summed E-state index contributed by atoms with van der Waals surface area (Å²) in [6, 6.07) is 10.2. The average molecular weight is 411 g/mol. The predicted molar refractivity (Wildman–Crippen MR) is 106 cm³/mol. The Labute approximate surface area is 166 Å².